The smallest absolute Gasteiger partial charge is 0.256 e. The van der Waals surface area contributed by atoms with Crippen LogP contribution in [0.5, 0.6) is 0 Å². The molecule has 0 spiro atoms. The number of hydrogen-bond acceptors (Lipinski definition) is 7. The van der Waals surface area contributed by atoms with E-state index in [1.54, 1.807) is 4.90 Å². The average Bonchev–Trinajstić information content (AvgIpc) is 3.09. The molecule has 10 heteroatoms. The third kappa shape index (κ3) is 3.79. The van der Waals surface area contributed by atoms with Crippen molar-refractivity contribution in [2.75, 3.05) is 23.8 Å². The van der Waals surface area contributed by atoms with Crippen LogP contribution in [0, 0.1) is 13.8 Å². The maximum atomic E-state index is 12.6. The highest BCUT2D eigenvalue weighted by atomic mass is 32.2. The van der Waals surface area contributed by atoms with Crippen LogP contribution >= 0.6 is 11.8 Å². The Labute approximate surface area is 150 Å². The first-order valence-electron chi connectivity index (χ1n) is 8.13. The van der Waals surface area contributed by atoms with E-state index in [-0.39, 0.29) is 29.2 Å². The van der Waals surface area contributed by atoms with Crippen molar-refractivity contribution >= 4 is 33.3 Å². The number of amides is 1. The van der Waals surface area contributed by atoms with Crippen molar-refractivity contribution in [2.24, 2.45) is 0 Å². The van der Waals surface area contributed by atoms with E-state index in [0.717, 1.165) is 11.4 Å². The molecule has 0 unspecified atom stereocenters. The van der Waals surface area contributed by atoms with Gasteiger partial charge in [-0.3, -0.25) is 9.20 Å². The van der Waals surface area contributed by atoms with E-state index in [0.29, 0.717) is 23.9 Å². The van der Waals surface area contributed by atoms with Gasteiger partial charge in [-0.1, -0.05) is 11.8 Å². The Morgan fingerprint density at radius 2 is 2.16 bits per heavy atom. The van der Waals surface area contributed by atoms with Crippen LogP contribution in [-0.4, -0.2) is 68.7 Å². The fraction of sp³-hybridized carbons (Fsp3) is 0.600. The summed E-state index contributed by atoms with van der Waals surface area (Å²) in [5, 5.41) is 8.79. The second-order valence-electron chi connectivity index (χ2n) is 6.18. The third-order valence-corrected chi connectivity index (χ3v) is 6.96. The van der Waals surface area contributed by atoms with E-state index < -0.39 is 9.84 Å². The lowest BCUT2D eigenvalue weighted by Gasteiger charge is -2.26. The lowest BCUT2D eigenvalue weighted by Crippen LogP contribution is -2.42. The van der Waals surface area contributed by atoms with E-state index in [1.165, 1.54) is 11.8 Å². The number of hydrogen-bond donors (Lipinski definition) is 0. The largest absolute Gasteiger partial charge is 0.338 e. The van der Waals surface area contributed by atoms with Crippen LogP contribution < -0.4 is 0 Å². The van der Waals surface area contributed by atoms with Crippen molar-refractivity contribution in [1.82, 2.24) is 24.5 Å². The standard InChI is InChI=1S/C15H21N5O3S2/c1-4-19(12-5-6-25(22,23)9-12)13(21)8-24-15-18-17-14-16-10(2)7-11(3)20(14)15/h7,12H,4-6,8-9H2,1-3H3/t12-/m0/s1. The second-order valence-corrected chi connectivity index (χ2v) is 9.35. The number of carbonyl (C=O) groups excluding carboxylic acids is 1. The quantitative estimate of drug-likeness (QED) is 0.707. The van der Waals surface area contributed by atoms with Crippen molar-refractivity contribution in [3.05, 3.63) is 17.5 Å². The Bertz CT molecular complexity index is 909. The van der Waals surface area contributed by atoms with Crippen LogP contribution in [0.1, 0.15) is 24.7 Å². The first-order chi connectivity index (χ1) is 11.8. The third-order valence-electron chi connectivity index (χ3n) is 4.30. The highest BCUT2D eigenvalue weighted by Crippen LogP contribution is 2.22. The molecular weight excluding hydrogens is 362 g/mol. The molecule has 3 rings (SSSR count). The number of aromatic nitrogens is 4. The normalized spacial score (nSPS) is 19.4. The minimum Gasteiger partial charge on any atom is -0.338 e. The summed E-state index contributed by atoms with van der Waals surface area (Å²) in [7, 11) is -3.02. The number of sulfone groups is 1. The molecule has 8 nitrogen and oxygen atoms in total. The monoisotopic (exact) mass is 383 g/mol. The number of thioether (sulfide) groups is 1. The van der Waals surface area contributed by atoms with Crippen LogP contribution in [-0.2, 0) is 14.6 Å². The molecule has 1 amide bonds. The van der Waals surface area contributed by atoms with Crippen molar-refractivity contribution in [3.8, 4) is 0 Å². The van der Waals surface area contributed by atoms with Crippen molar-refractivity contribution < 1.29 is 13.2 Å². The molecule has 1 aliphatic rings. The SMILES string of the molecule is CCN(C(=O)CSc1nnc2nc(C)cc(C)n12)[C@H]1CCS(=O)(=O)C1. The van der Waals surface area contributed by atoms with Crippen LogP contribution in [0.25, 0.3) is 5.78 Å². The molecule has 0 radical (unpaired) electrons. The van der Waals surface area contributed by atoms with Gasteiger partial charge in [0.25, 0.3) is 5.78 Å². The first kappa shape index (κ1) is 18.1. The first-order valence-corrected chi connectivity index (χ1v) is 10.9. The van der Waals surface area contributed by atoms with Gasteiger partial charge < -0.3 is 4.90 Å². The molecule has 2 aromatic rings. The summed E-state index contributed by atoms with van der Waals surface area (Å²) in [5.74, 6) is 0.852. The second kappa shape index (κ2) is 6.91. The predicted molar refractivity (Wildman–Crippen MR) is 95.4 cm³/mol. The van der Waals surface area contributed by atoms with Gasteiger partial charge in [-0.25, -0.2) is 13.4 Å². The summed E-state index contributed by atoms with van der Waals surface area (Å²) in [6.07, 6.45) is 0.517. The Hall–Kier alpha value is -1.68. The molecule has 0 aliphatic carbocycles. The van der Waals surface area contributed by atoms with Gasteiger partial charge in [0.2, 0.25) is 5.91 Å². The zero-order valence-corrected chi connectivity index (χ0v) is 16.1. The maximum absolute atomic E-state index is 12.6. The summed E-state index contributed by atoms with van der Waals surface area (Å²) in [5.41, 5.74) is 1.82. The molecule has 25 heavy (non-hydrogen) atoms. The number of nitrogens with zero attached hydrogens (tertiary/aromatic N) is 5. The Balaban J connectivity index is 1.71. The summed E-state index contributed by atoms with van der Waals surface area (Å²) in [6, 6.07) is 1.72. The lowest BCUT2D eigenvalue weighted by atomic mass is 10.2. The number of carbonyl (C=O) groups is 1. The van der Waals surface area contributed by atoms with Gasteiger partial charge in [0.1, 0.15) is 0 Å². The van der Waals surface area contributed by atoms with E-state index in [9.17, 15) is 13.2 Å². The molecule has 1 atom stereocenters. The molecule has 1 aliphatic heterocycles. The van der Waals surface area contributed by atoms with Gasteiger partial charge >= 0.3 is 0 Å². The van der Waals surface area contributed by atoms with Crippen molar-refractivity contribution in [1.29, 1.82) is 0 Å². The molecule has 0 N–H and O–H groups in total. The van der Waals surface area contributed by atoms with Crippen molar-refractivity contribution in [2.45, 2.75) is 38.4 Å². The van der Waals surface area contributed by atoms with Gasteiger partial charge in [-0.2, -0.15) is 0 Å². The van der Waals surface area contributed by atoms with Gasteiger partial charge in [-0.15, -0.1) is 10.2 Å². The maximum Gasteiger partial charge on any atom is 0.256 e. The van der Waals surface area contributed by atoms with Crippen LogP contribution in [0.4, 0.5) is 0 Å². The molecule has 2 aromatic heterocycles. The summed E-state index contributed by atoms with van der Waals surface area (Å²) < 4.78 is 25.2. The minimum atomic E-state index is -3.02. The van der Waals surface area contributed by atoms with Gasteiger partial charge in [0.05, 0.1) is 17.3 Å². The highest BCUT2D eigenvalue weighted by Gasteiger charge is 2.33. The molecule has 3 heterocycles. The van der Waals surface area contributed by atoms with Crippen LogP contribution in [0.3, 0.4) is 0 Å². The van der Waals surface area contributed by atoms with E-state index >= 15 is 0 Å². The molecule has 1 fully saturated rings. The molecule has 0 aromatic carbocycles. The molecule has 0 bridgehead atoms. The Kier molecular flexibility index (Phi) is 5.01. The highest BCUT2D eigenvalue weighted by molar-refractivity contribution is 7.99. The molecule has 0 saturated carbocycles. The zero-order valence-electron chi connectivity index (χ0n) is 14.5. The summed E-state index contributed by atoms with van der Waals surface area (Å²) >= 11 is 1.30. The van der Waals surface area contributed by atoms with E-state index in [2.05, 4.69) is 15.2 Å². The molecular formula is C15H21N5O3S2. The number of aryl methyl sites for hydroxylation is 2. The summed E-state index contributed by atoms with van der Waals surface area (Å²) in [6.45, 7) is 6.21. The fourth-order valence-electron chi connectivity index (χ4n) is 3.16. The van der Waals surface area contributed by atoms with E-state index in [4.69, 9.17) is 0 Å². The van der Waals surface area contributed by atoms with Gasteiger partial charge in [0.15, 0.2) is 15.0 Å². The minimum absolute atomic E-state index is 0.0629. The molecule has 136 valence electrons. The average molecular weight is 383 g/mol. The summed E-state index contributed by atoms with van der Waals surface area (Å²) in [4.78, 5) is 18.6. The lowest BCUT2D eigenvalue weighted by molar-refractivity contribution is -0.129. The van der Waals surface area contributed by atoms with Crippen LogP contribution in [0.2, 0.25) is 0 Å². The predicted octanol–water partition coefficient (Wildman–Crippen LogP) is 0.869. The fourth-order valence-corrected chi connectivity index (χ4v) is 5.76. The topological polar surface area (TPSA) is 97.5 Å². The van der Waals surface area contributed by atoms with Crippen molar-refractivity contribution in [3.63, 3.8) is 0 Å². The van der Waals surface area contributed by atoms with Gasteiger partial charge in [-0.05, 0) is 33.3 Å². The number of fused-ring (bicyclic) bond motifs is 1. The molecule has 1 saturated heterocycles. The van der Waals surface area contributed by atoms with E-state index in [1.807, 2.05) is 31.2 Å². The Morgan fingerprint density at radius 1 is 1.40 bits per heavy atom. The van der Waals surface area contributed by atoms with Crippen LogP contribution in [0.15, 0.2) is 11.2 Å². The van der Waals surface area contributed by atoms with Gasteiger partial charge in [0, 0.05) is 24.0 Å². The number of rotatable bonds is 5. The zero-order chi connectivity index (χ0) is 18.2. The Morgan fingerprint density at radius 3 is 2.80 bits per heavy atom.